The van der Waals surface area contributed by atoms with Crippen molar-refractivity contribution >= 4 is 22.8 Å². The van der Waals surface area contributed by atoms with Gasteiger partial charge in [-0.25, -0.2) is 0 Å². The lowest BCUT2D eigenvalue weighted by Crippen LogP contribution is -2.17. The van der Waals surface area contributed by atoms with Gasteiger partial charge in [-0.3, -0.25) is 25.7 Å². The number of anilines is 1. The minimum absolute atomic E-state index is 0.0258. The summed E-state index contributed by atoms with van der Waals surface area (Å²) >= 11 is 0. The fraction of sp³-hybridized carbons (Fsp3) is 0.208. The van der Waals surface area contributed by atoms with E-state index in [1.807, 2.05) is 37.3 Å². The predicted molar refractivity (Wildman–Crippen MR) is 129 cm³/mol. The van der Waals surface area contributed by atoms with Crippen LogP contribution in [0.1, 0.15) is 30.4 Å². The molecule has 0 aliphatic carbocycles. The zero-order valence-electron chi connectivity index (χ0n) is 18.9. The highest BCUT2D eigenvalue weighted by molar-refractivity contribution is 6.07. The van der Waals surface area contributed by atoms with Gasteiger partial charge < -0.3 is 9.47 Å². The standard InChI is InChI=1S/C24H24N4O6/c1-4-19(16-8-6-5-7-9-16)24(20-15-18(33-2)11-13-23(20)34-3)26-25-21-12-10-17(27(29)30)14-22(21)28(31)32/h5-15,19,25H,4H2,1-3H3/b26-24+/t19-/m0/s1. The molecule has 0 aliphatic rings. The molecule has 0 spiro atoms. The van der Waals surface area contributed by atoms with Crippen LogP contribution in [0.5, 0.6) is 11.5 Å². The summed E-state index contributed by atoms with van der Waals surface area (Å²) in [6, 6.07) is 18.4. The first kappa shape index (κ1) is 24.2. The van der Waals surface area contributed by atoms with E-state index in [9.17, 15) is 20.2 Å². The molecule has 0 aromatic heterocycles. The molecule has 176 valence electrons. The smallest absolute Gasteiger partial charge is 0.301 e. The van der Waals surface area contributed by atoms with E-state index < -0.39 is 15.5 Å². The number of rotatable bonds is 10. The third-order valence-corrected chi connectivity index (χ3v) is 5.31. The Kier molecular flexibility index (Phi) is 7.75. The van der Waals surface area contributed by atoms with Crippen molar-refractivity contribution in [3.8, 4) is 11.5 Å². The monoisotopic (exact) mass is 464 g/mol. The molecule has 0 saturated carbocycles. The maximum Gasteiger partial charge on any atom is 0.301 e. The Morgan fingerprint density at radius 3 is 2.29 bits per heavy atom. The van der Waals surface area contributed by atoms with Gasteiger partial charge in [-0.15, -0.1) is 0 Å². The minimum Gasteiger partial charge on any atom is -0.497 e. The number of nitrogens with one attached hydrogen (secondary N) is 1. The second-order valence-corrected chi connectivity index (χ2v) is 7.26. The summed E-state index contributed by atoms with van der Waals surface area (Å²) in [5, 5.41) is 27.2. The number of methoxy groups -OCH3 is 2. The zero-order chi connectivity index (χ0) is 24.7. The molecule has 0 heterocycles. The summed E-state index contributed by atoms with van der Waals surface area (Å²) in [7, 11) is 3.09. The number of benzene rings is 3. The van der Waals surface area contributed by atoms with Gasteiger partial charge in [-0.1, -0.05) is 37.3 Å². The lowest BCUT2D eigenvalue weighted by molar-refractivity contribution is -0.393. The van der Waals surface area contributed by atoms with E-state index in [1.54, 1.807) is 32.4 Å². The Labute approximate surface area is 196 Å². The van der Waals surface area contributed by atoms with Gasteiger partial charge in [0, 0.05) is 17.5 Å². The third kappa shape index (κ3) is 5.29. The van der Waals surface area contributed by atoms with Crippen LogP contribution in [-0.4, -0.2) is 29.8 Å². The van der Waals surface area contributed by atoms with Crippen LogP contribution in [0.25, 0.3) is 0 Å². The van der Waals surface area contributed by atoms with Crippen molar-refractivity contribution < 1.29 is 19.3 Å². The van der Waals surface area contributed by atoms with Gasteiger partial charge >= 0.3 is 5.69 Å². The van der Waals surface area contributed by atoms with Gasteiger partial charge in [0.05, 0.1) is 35.8 Å². The van der Waals surface area contributed by atoms with Crippen LogP contribution in [0.4, 0.5) is 17.1 Å². The van der Waals surface area contributed by atoms with Crippen LogP contribution in [-0.2, 0) is 0 Å². The molecule has 3 aromatic rings. The molecule has 10 nitrogen and oxygen atoms in total. The molecule has 0 radical (unpaired) electrons. The number of non-ortho nitro benzene ring substituents is 1. The molecule has 10 heteroatoms. The molecule has 0 amide bonds. The predicted octanol–water partition coefficient (Wildman–Crippen LogP) is 5.53. The Hall–Kier alpha value is -4.47. The zero-order valence-corrected chi connectivity index (χ0v) is 18.9. The Morgan fingerprint density at radius 2 is 1.71 bits per heavy atom. The highest BCUT2D eigenvalue weighted by Gasteiger charge is 2.24. The maximum absolute atomic E-state index is 11.6. The largest absolute Gasteiger partial charge is 0.497 e. The fourth-order valence-corrected chi connectivity index (χ4v) is 3.61. The van der Waals surface area contributed by atoms with E-state index in [1.165, 1.54) is 12.1 Å². The lowest BCUT2D eigenvalue weighted by atomic mass is 9.87. The molecule has 3 aromatic carbocycles. The van der Waals surface area contributed by atoms with Gasteiger partial charge in [0.15, 0.2) is 0 Å². The van der Waals surface area contributed by atoms with Crippen molar-refractivity contribution in [3.05, 3.63) is 98.1 Å². The molecule has 34 heavy (non-hydrogen) atoms. The summed E-state index contributed by atoms with van der Waals surface area (Å²) in [5.74, 6) is 0.952. The summed E-state index contributed by atoms with van der Waals surface area (Å²) in [6.45, 7) is 2.01. The van der Waals surface area contributed by atoms with E-state index in [-0.39, 0.29) is 17.3 Å². The molecular weight excluding hydrogens is 440 g/mol. The molecule has 0 saturated heterocycles. The van der Waals surface area contributed by atoms with Crippen molar-refractivity contribution in [2.75, 3.05) is 19.6 Å². The topological polar surface area (TPSA) is 129 Å². The van der Waals surface area contributed by atoms with Crippen LogP contribution in [0.2, 0.25) is 0 Å². The summed E-state index contributed by atoms with van der Waals surface area (Å²) in [6.07, 6.45) is 0.674. The van der Waals surface area contributed by atoms with Crippen molar-refractivity contribution in [1.82, 2.24) is 0 Å². The average Bonchev–Trinajstić information content (AvgIpc) is 2.86. The van der Waals surface area contributed by atoms with Gasteiger partial charge in [-0.2, -0.15) is 5.10 Å². The number of hydrogen-bond acceptors (Lipinski definition) is 8. The van der Waals surface area contributed by atoms with Crippen molar-refractivity contribution in [2.45, 2.75) is 19.3 Å². The van der Waals surface area contributed by atoms with Crippen LogP contribution in [0, 0.1) is 20.2 Å². The van der Waals surface area contributed by atoms with Gasteiger partial charge in [-0.05, 0) is 36.2 Å². The van der Waals surface area contributed by atoms with Gasteiger partial charge in [0.25, 0.3) is 5.69 Å². The molecule has 3 rings (SSSR count). The van der Waals surface area contributed by atoms with Crippen LogP contribution < -0.4 is 14.9 Å². The van der Waals surface area contributed by atoms with E-state index in [4.69, 9.17) is 9.47 Å². The molecule has 0 unspecified atom stereocenters. The van der Waals surface area contributed by atoms with E-state index in [2.05, 4.69) is 10.5 Å². The van der Waals surface area contributed by atoms with Crippen LogP contribution >= 0.6 is 0 Å². The van der Waals surface area contributed by atoms with Crippen LogP contribution in [0.3, 0.4) is 0 Å². The van der Waals surface area contributed by atoms with E-state index >= 15 is 0 Å². The number of nitro groups is 2. The maximum atomic E-state index is 11.6. The Balaban J connectivity index is 2.17. The fourth-order valence-electron chi connectivity index (χ4n) is 3.61. The molecule has 0 bridgehead atoms. The molecule has 0 fully saturated rings. The molecule has 0 aliphatic heterocycles. The third-order valence-electron chi connectivity index (χ3n) is 5.31. The number of hydrazone groups is 1. The first-order valence-corrected chi connectivity index (χ1v) is 10.4. The minimum atomic E-state index is -0.689. The van der Waals surface area contributed by atoms with E-state index in [0.717, 1.165) is 11.6 Å². The Morgan fingerprint density at radius 1 is 0.971 bits per heavy atom. The van der Waals surface area contributed by atoms with E-state index in [0.29, 0.717) is 29.2 Å². The first-order valence-electron chi connectivity index (χ1n) is 10.4. The first-order chi connectivity index (χ1) is 16.4. The number of nitro benzene ring substituents is 2. The SMILES string of the molecule is CC[C@H](/C(=N\Nc1ccc([N+](=O)[O-])cc1[N+](=O)[O-])c1cc(OC)ccc1OC)c1ccccc1. The summed E-state index contributed by atoms with van der Waals surface area (Å²) in [4.78, 5) is 21.3. The molecule has 1 atom stereocenters. The lowest BCUT2D eigenvalue weighted by Gasteiger charge is -2.21. The van der Waals surface area contributed by atoms with Crippen molar-refractivity contribution in [2.24, 2.45) is 5.10 Å². The summed E-state index contributed by atoms with van der Waals surface area (Å²) < 4.78 is 11.0. The summed E-state index contributed by atoms with van der Waals surface area (Å²) in [5.41, 5.74) is 4.16. The average molecular weight is 464 g/mol. The molecule has 1 N–H and O–H groups in total. The quantitative estimate of drug-likeness (QED) is 0.237. The number of ether oxygens (including phenoxy) is 2. The Bertz CT molecular complexity index is 1210. The number of hydrogen-bond donors (Lipinski definition) is 1. The molecular formula is C24H24N4O6. The highest BCUT2D eigenvalue weighted by atomic mass is 16.6. The second kappa shape index (κ2) is 10.9. The normalized spacial score (nSPS) is 12.0. The second-order valence-electron chi connectivity index (χ2n) is 7.26. The van der Waals surface area contributed by atoms with Gasteiger partial charge in [0.1, 0.15) is 17.2 Å². The van der Waals surface area contributed by atoms with Crippen molar-refractivity contribution in [1.29, 1.82) is 0 Å². The van der Waals surface area contributed by atoms with Crippen molar-refractivity contribution in [3.63, 3.8) is 0 Å². The van der Waals surface area contributed by atoms with Gasteiger partial charge in [0.2, 0.25) is 0 Å². The number of nitrogens with zero attached hydrogens (tertiary/aromatic N) is 3. The van der Waals surface area contributed by atoms with Crippen LogP contribution in [0.15, 0.2) is 71.8 Å². The highest BCUT2D eigenvalue weighted by Crippen LogP contribution is 2.34.